The first-order chi connectivity index (χ1) is 8.63. The lowest BCUT2D eigenvalue weighted by Gasteiger charge is -2.19. The predicted molar refractivity (Wildman–Crippen MR) is 73.6 cm³/mol. The molecule has 3 nitrogen and oxygen atoms in total. The fourth-order valence-electron chi connectivity index (χ4n) is 1.78. The van der Waals surface area contributed by atoms with Crippen molar-refractivity contribution in [3.8, 4) is 0 Å². The number of nitrogens with one attached hydrogen (secondary N) is 1. The molecule has 2 aromatic rings. The minimum atomic E-state index is -3.08. The van der Waals surface area contributed by atoms with Crippen molar-refractivity contribution in [3.63, 3.8) is 0 Å². The lowest BCUT2D eigenvalue weighted by molar-refractivity contribution is -0.117. The molecule has 0 unspecified atom stereocenters. The molecule has 0 aliphatic carbocycles. The van der Waals surface area contributed by atoms with Crippen LogP contribution in [0.2, 0.25) is 0 Å². The molecule has 0 fully saturated rings. The second kappa shape index (κ2) is 5.19. The number of amides is 1. The highest BCUT2D eigenvalue weighted by atomic mass is 31.2. The van der Waals surface area contributed by atoms with Crippen molar-refractivity contribution in [3.05, 3.63) is 60.7 Å². The summed E-state index contributed by atoms with van der Waals surface area (Å²) in [6, 6.07) is 18.0. The Kier molecular flexibility index (Phi) is 3.63. The van der Waals surface area contributed by atoms with Crippen molar-refractivity contribution in [2.24, 2.45) is 0 Å². The van der Waals surface area contributed by atoms with E-state index in [4.69, 9.17) is 0 Å². The smallest absolute Gasteiger partial charge is 0.229 e. The Bertz CT molecular complexity index is 538. The molecule has 18 heavy (non-hydrogen) atoms. The Hall–Kier alpha value is -1.86. The standard InChI is InChI=1S/C14H14NO2P/c1-12(16)15-18(17,13-8-4-2-5-9-13)14-10-6-3-7-11-14/h2-11H,1H3,(H,15,16,17). The van der Waals surface area contributed by atoms with E-state index in [1.54, 1.807) is 24.3 Å². The molecule has 0 aliphatic rings. The second-order valence-corrected chi connectivity index (χ2v) is 6.42. The number of benzene rings is 2. The van der Waals surface area contributed by atoms with Crippen LogP contribution in [0.3, 0.4) is 0 Å². The van der Waals surface area contributed by atoms with E-state index in [1.165, 1.54) is 6.92 Å². The number of hydrogen-bond acceptors (Lipinski definition) is 2. The highest BCUT2D eigenvalue weighted by Crippen LogP contribution is 2.38. The van der Waals surface area contributed by atoms with Gasteiger partial charge in [-0.1, -0.05) is 36.4 Å². The molecule has 2 rings (SSSR count). The van der Waals surface area contributed by atoms with Crippen LogP contribution in [0.5, 0.6) is 0 Å². The van der Waals surface area contributed by atoms with E-state index >= 15 is 0 Å². The van der Waals surface area contributed by atoms with Crippen molar-refractivity contribution in [1.82, 2.24) is 5.09 Å². The maximum atomic E-state index is 13.1. The minimum absolute atomic E-state index is 0.300. The van der Waals surface area contributed by atoms with E-state index in [2.05, 4.69) is 5.09 Å². The first-order valence-corrected chi connectivity index (χ1v) is 7.34. The fraction of sp³-hybridized carbons (Fsp3) is 0.0714. The van der Waals surface area contributed by atoms with Gasteiger partial charge in [0.2, 0.25) is 13.2 Å². The average Bonchev–Trinajstić information content (AvgIpc) is 2.40. The molecule has 0 saturated heterocycles. The van der Waals surface area contributed by atoms with Gasteiger partial charge in [0.15, 0.2) is 0 Å². The molecule has 0 saturated carbocycles. The number of carbonyl (C=O) groups is 1. The zero-order chi connectivity index (χ0) is 13.0. The van der Waals surface area contributed by atoms with Gasteiger partial charge in [0, 0.05) is 17.5 Å². The van der Waals surface area contributed by atoms with Crippen molar-refractivity contribution in [2.75, 3.05) is 0 Å². The monoisotopic (exact) mass is 259 g/mol. The topological polar surface area (TPSA) is 46.2 Å². The molecule has 0 aromatic heterocycles. The van der Waals surface area contributed by atoms with E-state index in [0.717, 1.165) is 0 Å². The summed E-state index contributed by atoms with van der Waals surface area (Å²) in [5.41, 5.74) is 0. The van der Waals surface area contributed by atoms with Crippen LogP contribution in [0.1, 0.15) is 6.92 Å². The zero-order valence-electron chi connectivity index (χ0n) is 10.0. The highest BCUT2D eigenvalue weighted by molar-refractivity contribution is 7.77. The normalized spacial score (nSPS) is 10.9. The van der Waals surface area contributed by atoms with Crippen LogP contribution >= 0.6 is 7.29 Å². The number of rotatable bonds is 3. The maximum absolute atomic E-state index is 13.1. The van der Waals surface area contributed by atoms with Crippen molar-refractivity contribution >= 4 is 23.8 Å². The fourth-order valence-corrected chi connectivity index (χ4v) is 3.96. The first-order valence-electron chi connectivity index (χ1n) is 5.63. The molecule has 2 aromatic carbocycles. The van der Waals surface area contributed by atoms with Gasteiger partial charge in [0.25, 0.3) is 0 Å². The Morgan fingerprint density at radius 1 is 0.889 bits per heavy atom. The van der Waals surface area contributed by atoms with E-state index in [1.807, 2.05) is 36.4 Å². The summed E-state index contributed by atoms with van der Waals surface area (Å²) < 4.78 is 13.1. The zero-order valence-corrected chi connectivity index (χ0v) is 10.9. The van der Waals surface area contributed by atoms with Gasteiger partial charge < -0.3 is 5.09 Å². The first kappa shape index (κ1) is 12.6. The van der Waals surface area contributed by atoms with Gasteiger partial charge in [0.05, 0.1) is 0 Å². The van der Waals surface area contributed by atoms with Gasteiger partial charge in [-0.05, 0) is 24.3 Å². The Morgan fingerprint density at radius 3 is 1.61 bits per heavy atom. The van der Waals surface area contributed by atoms with E-state index in [9.17, 15) is 9.36 Å². The Labute approximate surface area is 106 Å². The SMILES string of the molecule is CC(=O)NP(=O)(c1ccccc1)c1ccccc1. The van der Waals surface area contributed by atoms with Gasteiger partial charge in [-0.3, -0.25) is 9.36 Å². The molecular weight excluding hydrogens is 245 g/mol. The van der Waals surface area contributed by atoms with Crippen LogP contribution in [0.15, 0.2) is 60.7 Å². The average molecular weight is 259 g/mol. The molecule has 1 N–H and O–H groups in total. The van der Waals surface area contributed by atoms with E-state index < -0.39 is 7.29 Å². The van der Waals surface area contributed by atoms with Crippen LogP contribution in [-0.4, -0.2) is 5.91 Å². The van der Waals surface area contributed by atoms with Gasteiger partial charge >= 0.3 is 0 Å². The molecule has 0 radical (unpaired) electrons. The summed E-state index contributed by atoms with van der Waals surface area (Å²) in [6.07, 6.45) is 0. The third-order valence-corrected chi connectivity index (χ3v) is 5.24. The van der Waals surface area contributed by atoms with Crippen LogP contribution < -0.4 is 15.7 Å². The lowest BCUT2D eigenvalue weighted by Crippen LogP contribution is -2.30. The van der Waals surface area contributed by atoms with Gasteiger partial charge in [-0.2, -0.15) is 0 Å². The van der Waals surface area contributed by atoms with Crippen LogP contribution in [0, 0.1) is 0 Å². The molecule has 92 valence electrons. The highest BCUT2D eigenvalue weighted by Gasteiger charge is 2.27. The Balaban J connectivity index is 2.55. The van der Waals surface area contributed by atoms with Crippen molar-refractivity contribution in [2.45, 2.75) is 6.92 Å². The molecule has 1 amide bonds. The number of carbonyl (C=O) groups excluding carboxylic acids is 1. The van der Waals surface area contributed by atoms with Gasteiger partial charge in [0.1, 0.15) is 0 Å². The quantitative estimate of drug-likeness (QED) is 0.857. The third kappa shape index (κ3) is 2.52. The Morgan fingerprint density at radius 2 is 1.28 bits per heavy atom. The summed E-state index contributed by atoms with van der Waals surface area (Å²) in [6.45, 7) is 1.37. The third-order valence-electron chi connectivity index (χ3n) is 2.55. The molecular formula is C14H14NO2P. The van der Waals surface area contributed by atoms with Crippen molar-refractivity contribution in [1.29, 1.82) is 0 Å². The summed E-state index contributed by atoms with van der Waals surface area (Å²) in [5.74, 6) is -0.300. The molecule has 0 bridgehead atoms. The lowest BCUT2D eigenvalue weighted by atomic mass is 10.4. The second-order valence-electron chi connectivity index (χ2n) is 3.95. The molecule has 0 aliphatic heterocycles. The van der Waals surface area contributed by atoms with Crippen molar-refractivity contribution < 1.29 is 9.36 Å². The van der Waals surface area contributed by atoms with E-state index in [0.29, 0.717) is 10.6 Å². The van der Waals surface area contributed by atoms with Crippen LogP contribution in [-0.2, 0) is 9.36 Å². The largest absolute Gasteiger partial charge is 0.300 e. The molecule has 0 atom stereocenters. The van der Waals surface area contributed by atoms with Gasteiger partial charge in [-0.15, -0.1) is 0 Å². The summed E-state index contributed by atoms with van der Waals surface area (Å²) in [4.78, 5) is 11.3. The van der Waals surface area contributed by atoms with E-state index in [-0.39, 0.29) is 5.91 Å². The predicted octanol–water partition coefficient (Wildman–Crippen LogP) is 2.05. The van der Waals surface area contributed by atoms with Gasteiger partial charge in [-0.25, -0.2) is 0 Å². The summed E-state index contributed by atoms with van der Waals surface area (Å²) in [5, 5.41) is 3.87. The summed E-state index contributed by atoms with van der Waals surface area (Å²) >= 11 is 0. The van der Waals surface area contributed by atoms with Crippen LogP contribution in [0.4, 0.5) is 0 Å². The maximum Gasteiger partial charge on any atom is 0.229 e. The minimum Gasteiger partial charge on any atom is -0.300 e. The molecule has 0 heterocycles. The summed E-state index contributed by atoms with van der Waals surface area (Å²) in [7, 11) is -3.08. The number of hydrogen-bond donors (Lipinski definition) is 1. The molecule has 4 heteroatoms. The van der Waals surface area contributed by atoms with Crippen LogP contribution in [0.25, 0.3) is 0 Å². The molecule has 0 spiro atoms.